The Bertz CT molecular complexity index is 727. The number of amides is 1. The largest absolute Gasteiger partial charge is 0.343 e. The summed E-state index contributed by atoms with van der Waals surface area (Å²) >= 11 is 0. The third-order valence-electron chi connectivity index (χ3n) is 4.53. The molecule has 1 saturated heterocycles. The summed E-state index contributed by atoms with van der Waals surface area (Å²) in [5.41, 5.74) is 1.75. The fraction of sp³-hybridized carbons (Fsp3) is 0.444. The Balaban J connectivity index is 1.77. The van der Waals surface area contributed by atoms with Crippen LogP contribution in [0.25, 0.3) is 10.9 Å². The van der Waals surface area contributed by atoms with Crippen molar-refractivity contribution in [2.75, 3.05) is 13.1 Å². The molecule has 4 nitrogen and oxygen atoms in total. The van der Waals surface area contributed by atoms with E-state index in [9.17, 15) is 9.59 Å². The summed E-state index contributed by atoms with van der Waals surface area (Å²) in [6.45, 7) is 3.55. The van der Waals surface area contributed by atoms with E-state index in [2.05, 4.69) is 4.98 Å². The molecule has 3 rings (SSSR count). The lowest BCUT2D eigenvalue weighted by atomic mass is 9.89. The van der Waals surface area contributed by atoms with Crippen molar-refractivity contribution in [1.29, 1.82) is 0 Å². The van der Waals surface area contributed by atoms with Gasteiger partial charge < -0.3 is 9.88 Å². The van der Waals surface area contributed by atoms with Gasteiger partial charge in [0.15, 0.2) is 0 Å². The number of aromatic nitrogens is 1. The number of piperidine rings is 1. The van der Waals surface area contributed by atoms with E-state index in [0.29, 0.717) is 6.42 Å². The Labute approximate surface area is 130 Å². The molecule has 0 spiro atoms. The summed E-state index contributed by atoms with van der Waals surface area (Å²) in [5, 5.41) is 1.07. The summed E-state index contributed by atoms with van der Waals surface area (Å²) < 4.78 is 0. The number of likely N-dealkylation sites (tertiary alicyclic amines) is 1. The maximum absolute atomic E-state index is 12.3. The number of benzene rings is 1. The van der Waals surface area contributed by atoms with Gasteiger partial charge in [0.05, 0.1) is 0 Å². The molecule has 1 aliphatic rings. The molecule has 0 saturated carbocycles. The van der Waals surface area contributed by atoms with Gasteiger partial charge in [-0.1, -0.05) is 25.1 Å². The first kappa shape index (κ1) is 14.8. The molecule has 1 amide bonds. The minimum absolute atomic E-state index is 0.0111. The lowest BCUT2D eigenvalue weighted by Crippen LogP contribution is -2.38. The fourth-order valence-electron chi connectivity index (χ4n) is 3.28. The van der Waals surface area contributed by atoms with E-state index >= 15 is 0 Å². The molecule has 1 aromatic heterocycles. The molecule has 1 N–H and O–H groups in total. The maximum Gasteiger partial charge on any atom is 0.251 e. The smallest absolute Gasteiger partial charge is 0.251 e. The number of aromatic amines is 1. The predicted molar refractivity (Wildman–Crippen MR) is 88.0 cm³/mol. The second kappa shape index (κ2) is 6.34. The Morgan fingerprint density at radius 3 is 2.73 bits per heavy atom. The van der Waals surface area contributed by atoms with Crippen LogP contribution in [-0.2, 0) is 4.79 Å². The number of nitrogens with one attached hydrogen (secondary N) is 1. The molecule has 0 aliphatic carbocycles. The first-order valence-electron chi connectivity index (χ1n) is 8.08. The second-order valence-corrected chi connectivity index (χ2v) is 6.05. The van der Waals surface area contributed by atoms with Gasteiger partial charge in [-0.2, -0.15) is 0 Å². The number of nitrogens with zero attached hydrogens (tertiary/aromatic N) is 1. The molecule has 4 heteroatoms. The summed E-state index contributed by atoms with van der Waals surface area (Å²) in [6.07, 6.45) is 3.26. The highest BCUT2D eigenvalue weighted by molar-refractivity contribution is 5.79. The van der Waals surface area contributed by atoms with Crippen LogP contribution in [0.5, 0.6) is 0 Å². The minimum Gasteiger partial charge on any atom is -0.343 e. The van der Waals surface area contributed by atoms with E-state index in [4.69, 9.17) is 0 Å². The molecule has 116 valence electrons. The van der Waals surface area contributed by atoms with Crippen molar-refractivity contribution in [1.82, 2.24) is 9.88 Å². The first-order chi connectivity index (χ1) is 10.7. The molecule has 1 aliphatic heterocycles. The average molecular weight is 298 g/mol. The fourth-order valence-corrected chi connectivity index (χ4v) is 3.28. The minimum atomic E-state index is 0.0111. The summed E-state index contributed by atoms with van der Waals surface area (Å²) in [7, 11) is 0. The molecule has 1 fully saturated rings. The van der Waals surface area contributed by atoms with Gasteiger partial charge in [-0.05, 0) is 42.7 Å². The van der Waals surface area contributed by atoms with Crippen molar-refractivity contribution in [2.45, 2.75) is 38.5 Å². The number of fused-ring (bicyclic) bond motifs is 1. The topological polar surface area (TPSA) is 53.2 Å². The zero-order valence-corrected chi connectivity index (χ0v) is 13.0. The highest BCUT2D eigenvalue weighted by Gasteiger charge is 2.25. The number of carbonyl (C=O) groups excluding carboxylic acids is 1. The van der Waals surface area contributed by atoms with Gasteiger partial charge in [-0.3, -0.25) is 9.59 Å². The van der Waals surface area contributed by atoms with E-state index in [1.807, 2.05) is 42.2 Å². The molecule has 0 atom stereocenters. The number of H-pyrrole nitrogens is 1. The van der Waals surface area contributed by atoms with Gasteiger partial charge in [-0.15, -0.1) is 0 Å². The third kappa shape index (κ3) is 2.91. The van der Waals surface area contributed by atoms with Crippen molar-refractivity contribution in [3.8, 4) is 0 Å². The normalized spacial score (nSPS) is 16.1. The van der Waals surface area contributed by atoms with Gasteiger partial charge in [0.2, 0.25) is 5.91 Å². The molecule has 1 aromatic carbocycles. The molecular formula is C18H22N2O2. The lowest BCUT2D eigenvalue weighted by molar-refractivity contribution is -0.132. The molecule has 0 radical (unpaired) electrons. The summed E-state index contributed by atoms with van der Waals surface area (Å²) in [4.78, 5) is 29.2. The lowest BCUT2D eigenvalue weighted by Gasteiger charge is -2.32. The van der Waals surface area contributed by atoms with Crippen LogP contribution in [0.15, 0.2) is 35.1 Å². The predicted octanol–water partition coefficient (Wildman–Crippen LogP) is 3.03. The highest BCUT2D eigenvalue weighted by Crippen LogP contribution is 2.27. The van der Waals surface area contributed by atoms with Crippen molar-refractivity contribution < 1.29 is 4.79 Å². The zero-order chi connectivity index (χ0) is 15.5. The maximum atomic E-state index is 12.3. The van der Waals surface area contributed by atoms with Crippen LogP contribution < -0.4 is 5.56 Å². The number of rotatable bonds is 3. The molecule has 2 heterocycles. The van der Waals surface area contributed by atoms with Crippen LogP contribution in [0.3, 0.4) is 0 Å². The standard InChI is InChI=1S/C18H22N2O2/c1-2-5-17(21)20-10-8-13(9-11-20)15-12-14-6-3-4-7-16(14)19-18(15)22/h3-4,6-7,12-13H,2,5,8-11H2,1H3,(H,19,22). The van der Waals surface area contributed by atoms with Crippen molar-refractivity contribution in [2.24, 2.45) is 0 Å². The van der Waals surface area contributed by atoms with E-state index < -0.39 is 0 Å². The summed E-state index contributed by atoms with van der Waals surface area (Å²) in [5.74, 6) is 0.493. The third-order valence-corrected chi connectivity index (χ3v) is 4.53. The van der Waals surface area contributed by atoms with Crippen molar-refractivity contribution in [3.05, 3.63) is 46.2 Å². The Morgan fingerprint density at radius 1 is 1.27 bits per heavy atom. The molecule has 0 unspecified atom stereocenters. The van der Waals surface area contributed by atoms with Crippen molar-refractivity contribution in [3.63, 3.8) is 0 Å². The SMILES string of the molecule is CCCC(=O)N1CCC(c2cc3ccccc3[nH]c2=O)CC1. The Kier molecular flexibility index (Phi) is 4.27. The van der Waals surface area contributed by atoms with Gasteiger partial charge in [0, 0.05) is 30.6 Å². The average Bonchev–Trinajstić information content (AvgIpc) is 2.54. The van der Waals surface area contributed by atoms with E-state index in [-0.39, 0.29) is 17.4 Å². The first-order valence-corrected chi connectivity index (χ1v) is 8.08. The monoisotopic (exact) mass is 298 g/mol. The zero-order valence-electron chi connectivity index (χ0n) is 13.0. The Hall–Kier alpha value is -2.10. The van der Waals surface area contributed by atoms with Crippen LogP contribution in [0.1, 0.15) is 44.1 Å². The van der Waals surface area contributed by atoms with E-state index in [1.54, 1.807) is 0 Å². The Morgan fingerprint density at radius 2 is 2.00 bits per heavy atom. The van der Waals surface area contributed by atoms with E-state index in [0.717, 1.165) is 48.8 Å². The van der Waals surface area contributed by atoms with Gasteiger partial charge >= 0.3 is 0 Å². The summed E-state index contributed by atoms with van der Waals surface area (Å²) in [6, 6.07) is 9.87. The molecule has 2 aromatic rings. The van der Waals surface area contributed by atoms with Gasteiger partial charge in [-0.25, -0.2) is 0 Å². The van der Waals surface area contributed by atoms with Gasteiger partial charge in [0.1, 0.15) is 0 Å². The van der Waals surface area contributed by atoms with E-state index in [1.165, 1.54) is 0 Å². The quantitative estimate of drug-likeness (QED) is 0.947. The van der Waals surface area contributed by atoms with Crippen LogP contribution in [0.2, 0.25) is 0 Å². The van der Waals surface area contributed by atoms with Crippen LogP contribution >= 0.6 is 0 Å². The molecular weight excluding hydrogens is 276 g/mol. The second-order valence-electron chi connectivity index (χ2n) is 6.05. The number of pyridine rings is 1. The molecule has 22 heavy (non-hydrogen) atoms. The number of para-hydroxylation sites is 1. The molecule has 0 bridgehead atoms. The van der Waals surface area contributed by atoms with Crippen LogP contribution in [0, 0.1) is 0 Å². The van der Waals surface area contributed by atoms with Crippen LogP contribution in [-0.4, -0.2) is 28.9 Å². The van der Waals surface area contributed by atoms with Gasteiger partial charge in [0.25, 0.3) is 5.56 Å². The highest BCUT2D eigenvalue weighted by atomic mass is 16.2. The van der Waals surface area contributed by atoms with Crippen molar-refractivity contribution >= 4 is 16.8 Å². The number of carbonyl (C=O) groups is 1. The van der Waals surface area contributed by atoms with Crippen LogP contribution in [0.4, 0.5) is 0 Å². The number of hydrogen-bond donors (Lipinski definition) is 1. The number of hydrogen-bond acceptors (Lipinski definition) is 2.